The Balaban J connectivity index is 1.67. The minimum Gasteiger partial charge on any atom is -0.492 e. The molecule has 5 unspecified atom stereocenters. The highest BCUT2D eigenvalue weighted by molar-refractivity contribution is 7.88. The lowest BCUT2D eigenvalue weighted by Gasteiger charge is -2.40. The Hall–Kier alpha value is -1.76. The molecule has 2 aromatic carbocycles. The molecule has 2 aromatic rings. The van der Waals surface area contributed by atoms with E-state index in [1.807, 2.05) is 12.1 Å². The maximum atomic E-state index is 11.1. The molecule has 11 heteroatoms. The molecule has 0 spiro atoms. The maximum Gasteiger partial charge on any atom is 0.208 e. The molecule has 0 aromatic heterocycles. The van der Waals surface area contributed by atoms with Crippen LogP contribution < -0.4 is 9.46 Å². The van der Waals surface area contributed by atoms with Crippen molar-refractivity contribution >= 4 is 21.6 Å². The first-order chi connectivity index (χ1) is 15.6. The van der Waals surface area contributed by atoms with E-state index >= 15 is 0 Å². The highest BCUT2D eigenvalue weighted by Crippen LogP contribution is 2.34. The van der Waals surface area contributed by atoms with Gasteiger partial charge >= 0.3 is 0 Å². The van der Waals surface area contributed by atoms with Gasteiger partial charge in [-0.15, -0.1) is 0 Å². The fourth-order valence-corrected chi connectivity index (χ4v) is 4.24. The fraction of sp³-hybridized carbons (Fsp3) is 0.455. The molecule has 5 atom stereocenters. The molecule has 9 nitrogen and oxygen atoms in total. The summed E-state index contributed by atoms with van der Waals surface area (Å²) in [6.07, 6.45) is -4.62. The van der Waals surface area contributed by atoms with Crippen molar-refractivity contribution in [2.24, 2.45) is 0 Å². The van der Waals surface area contributed by atoms with Crippen LogP contribution >= 0.6 is 11.6 Å². The van der Waals surface area contributed by atoms with Crippen LogP contribution in [0.5, 0.6) is 5.75 Å². The van der Waals surface area contributed by atoms with Crippen LogP contribution in [0.4, 0.5) is 0 Å². The summed E-state index contributed by atoms with van der Waals surface area (Å²) in [6, 6.07) is 12.3. The van der Waals surface area contributed by atoms with E-state index in [2.05, 4.69) is 4.72 Å². The molecule has 0 bridgehead atoms. The third kappa shape index (κ3) is 6.87. The van der Waals surface area contributed by atoms with Crippen molar-refractivity contribution in [1.82, 2.24) is 4.72 Å². The van der Waals surface area contributed by atoms with Gasteiger partial charge < -0.3 is 29.9 Å². The lowest BCUT2D eigenvalue weighted by Crippen LogP contribution is -2.55. The van der Waals surface area contributed by atoms with Gasteiger partial charge in [-0.3, -0.25) is 0 Å². The summed E-state index contributed by atoms with van der Waals surface area (Å²) in [5.74, 6) is 0.593. The molecule has 0 saturated carbocycles. The van der Waals surface area contributed by atoms with Crippen molar-refractivity contribution < 1.29 is 38.3 Å². The molecule has 0 amide bonds. The second-order valence-corrected chi connectivity index (χ2v) is 10.2. The highest BCUT2D eigenvalue weighted by Gasteiger charge is 2.44. The topological polar surface area (TPSA) is 146 Å². The number of sulfonamides is 1. The predicted octanol–water partition coefficient (Wildman–Crippen LogP) is 0.374. The molecule has 0 aliphatic carbocycles. The molecule has 33 heavy (non-hydrogen) atoms. The number of halogens is 1. The Kier molecular flexibility index (Phi) is 8.70. The maximum absolute atomic E-state index is 11.1. The SMILES string of the molecule is CS(=O)(=O)NCCOc1ccc(Cc2cc(C3OC(CO)C(O)C(O)C3O)ccc2Cl)cc1. The normalized spacial score (nSPS) is 25.7. The summed E-state index contributed by atoms with van der Waals surface area (Å²) in [7, 11) is -3.26. The zero-order chi connectivity index (χ0) is 24.2. The van der Waals surface area contributed by atoms with Crippen molar-refractivity contribution in [2.75, 3.05) is 26.0 Å². The van der Waals surface area contributed by atoms with Crippen molar-refractivity contribution in [3.8, 4) is 5.75 Å². The predicted molar refractivity (Wildman–Crippen MR) is 122 cm³/mol. The molecule has 1 saturated heterocycles. The first-order valence-corrected chi connectivity index (χ1v) is 12.6. The van der Waals surface area contributed by atoms with Crippen LogP contribution in [0.25, 0.3) is 0 Å². The smallest absolute Gasteiger partial charge is 0.208 e. The van der Waals surface area contributed by atoms with Crippen LogP contribution in [-0.4, -0.2) is 79.3 Å². The number of ether oxygens (including phenoxy) is 2. The van der Waals surface area contributed by atoms with E-state index in [1.165, 1.54) is 0 Å². The average Bonchev–Trinajstić information content (AvgIpc) is 2.77. The van der Waals surface area contributed by atoms with Crippen LogP contribution in [0.15, 0.2) is 42.5 Å². The molecule has 1 aliphatic rings. The van der Waals surface area contributed by atoms with E-state index in [9.17, 15) is 28.8 Å². The van der Waals surface area contributed by atoms with E-state index < -0.39 is 47.2 Å². The third-order valence-corrected chi connectivity index (χ3v) is 6.44. The summed E-state index contributed by atoms with van der Waals surface area (Å²) >= 11 is 6.37. The third-order valence-electron chi connectivity index (χ3n) is 5.34. The molecular formula is C22H28ClNO8S. The van der Waals surface area contributed by atoms with Gasteiger partial charge in [0, 0.05) is 11.6 Å². The van der Waals surface area contributed by atoms with E-state index in [4.69, 9.17) is 21.1 Å². The molecule has 3 rings (SSSR count). The summed E-state index contributed by atoms with van der Waals surface area (Å²) in [6.45, 7) is -0.138. The Bertz CT molecular complexity index is 1030. The molecule has 1 fully saturated rings. The lowest BCUT2D eigenvalue weighted by molar-refractivity contribution is -0.231. The van der Waals surface area contributed by atoms with Gasteiger partial charge in [-0.05, 0) is 41.3 Å². The van der Waals surface area contributed by atoms with E-state index in [0.29, 0.717) is 22.8 Å². The van der Waals surface area contributed by atoms with Crippen LogP contribution in [-0.2, 0) is 21.2 Å². The van der Waals surface area contributed by atoms with Gasteiger partial charge in [0.25, 0.3) is 0 Å². The van der Waals surface area contributed by atoms with Crippen LogP contribution in [0, 0.1) is 0 Å². The van der Waals surface area contributed by atoms with Gasteiger partial charge in [-0.25, -0.2) is 13.1 Å². The first kappa shape index (κ1) is 25.9. The monoisotopic (exact) mass is 501 g/mol. The highest BCUT2D eigenvalue weighted by atomic mass is 35.5. The molecule has 5 N–H and O–H groups in total. The summed E-state index contributed by atoms with van der Waals surface area (Å²) in [5.41, 5.74) is 2.26. The van der Waals surface area contributed by atoms with Gasteiger partial charge in [0.15, 0.2) is 0 Å². The largest absolute Gasteiger partial charge is 0.492 e. The zero-order valence-corrected chi connectivity index (χ0v) is 19.5. The zero-order valence-electron chi connectivity index (χ0n) is 18.0. The van der Waals surface area contributed by atoms with Crippen LogP contribution in [0.1, 0.15) is 22.8 Å². The summed E-state index contributed by atoms with van der Waals surface area (Å²) in [5, 5.41) is 40.4. The van der Waals surface area contributed by atoms with E-state index in [0.717, 1.165) is 17.4 Å². The molecule has 0 radical (unpaired) electrons. The van der Waals surface area contributed by atoms with Gasteiger partial charge in [-0.1, -0.05) is 35.9 Å². The average molecular weight is 502 g/mol. The van der Waals surface area contributed by atoms with Crippen LogP contribution in [0.2, 0.25) is 5.02 Å². The fourth-order valence-electron chi connectivity index (χ4n) is 3.60. The van der Waals surface area contributed by atoms with Crippen molar-refractivity contribution in [2.45, 2.75) is 36.9 Å². The summed E-state index contributed by atoms with van der Waals surface area (Å²) < 4.78 is 35.6. The Morgan fingerprint density at radius 1 is 1.06 bits per heavy atom. The standard InChI is InChI=1S/C22H28ClNO8S/c1-33(29,30)24-8-9-31-16-5-2-13(3-6-16)10-15-11-14(4-7-17(15)23)22-21(28)20(27)19(26)18(12-25)32-22/h2-7,11,18-22,24-28H,8-10,12H2,1H3. The van der Waals surface area contributed by atoms with Gasteiger partial charge in [0.2, 0.25) is 10.0 Å². The number of hydrogen-bond donors (Lipinski definition) is 5. The van der Waals surface area contributed by atoms with Crippen LogP contribution in [0.3, 0.4) is 0 Å². The van der Waals surface area contributed by atoms with Crippen molar-refractivity contribution in [1.29, 1.82) is 0 Å². The second kappa shape index (κ2) is 11.1. The Morgan fingerprint density at radius 2 is 1.76 bits per heavy atom. The molecular weight excluding hydrogens is 474 g/mol. The number of hydrogen-bond acceptors (Lipinski definition) is 8. The lowest BCUT2D eigenvalue weighted by atomic mass is 9.90. The quantitative estimate of drug-likeness (QED) is 0.310. The Labute approximate surface area is 197 Å². The Morgan fingerprint density at radius 3 is 2.39 bits per heavy atom. The van der Waals surface area contributed by atoms with Crippen molar-refractivity contribution in [3.63, 3.8) is 0 Å². The van der Waals surface area contributed by atoms with Gasteiger partial charge in [-0.2, -0.15) is 0 Å². The number of nitrogens with one attached hydrogen (secondary N) is 1. The van der Waals surface area contributed by atoms with Gasteiger partial charge in [0.05, 0.1) is 12.9 Å². The molecule has 1 aliphatic heterocycles. The second-order valence-electron chi connectivity index (χ2n) is 7.94. The number of benzene rings is 2. The van der Waals surface area contributed by atoms with Crippen molar-refractivity contribution in [3.05, 3.63) is 64.2 Å². The summed E-state index contributed by atoms with van der Waals surface area (Å²) in [4.78, 5) is 0. The van der Waals surface area contributed by atoms with E-state index in [-0.39, 0.29) is 13.2 Å². The molecule has 1 heterocycles. The minimum atomic E-state index is -3.26. The first-order valence-electron chi connectivity index (χ1n) is 10.3. The van der Waals surface area contributed by atoms with E-state index in [1.54, 1.807) is 30.3 Å². The molecule has 182 valence electrons. The minimum absolute atomic E-state index is 0.168. The number of rotatable bonds is 9. The number of aliphatic hydroxyl groups is 4. The number of aliphatic hydroxyl groups excluding tert-OH is 4. The van der Waals surface area contributed by atoms with Gasteiger partial charge in [0.1, 0.15) is 42.9 Å².